The lowest BCUT2D eigenvalue weighted by Crippen LogP contribution is -2.16. The van der Waals surface area contributed by atoms with E-state index in [-0.39, 0.29) is 5.82 Å². The summed E-state index contributed by atoms with van der Waals surface area (Å²) in [6.07, 6.45) is 2.53. The molecule has 4 aromatic rings. The van der Waals surface area contributed by atoms with E-state index in [9.17, 15) is 4.39 Å². The van der Waals surface area contributed by atoms with Gasteiger partial charge in [-0.1, -0.05) is 36.4 Å². The molecular formula is C22H20FN3. The molecule has 0 bridgehead atoms. The average molecular weight is 345 g/mol. The van der Waals surface area contributed by atoms with Gasteiger partial charge in [-0.3, -0.25) is 0 Å². The van der Waals surface area contributed by atoms with Crippen LogP contribution in [0.15, 0.2) is 73.1 Å². The number of halogens is 1. The van der Waals surface area contributed by atoms with Crippen LogP contribution in [0.1, 0.15) is 11.1 Å². The van der Waals surface area contributed by atoms with Gasteiger partial charge in [0.15, 0.2) is 0 Å². The van der Waals surface area contributed by atoms with Crippen LogP contribution in [0.4, 0.5) is 4.39 Å². The highest BCUT2D eigenvalue weighted by molar-refractivity contribution is 5.81. The number of benzene rings is 3. The first-order chi connectivity index (χ1) is 12.8. The summed E-state index contributed by atoms with van der Waals surface area (Å²) in [5.41, 5.74) is 6.62. The summed E-state index contributed by atoms with van der Waals surface area (Å²) in [6.45, 7) is 1.60. The molecule has 1 aromatic heterocycles. The minimum absolute atomic E-state index is 0.176. The fourth-order valence-corrected chi connectivity index (χ4v) is 3.13. The van der Waals surface area contributed by atoms with Crippen molar-refractivity contribution in [2.24, 2.45) is 0 Å². The Morgan fingerprint density at radius 3 is 2.65 bits per heavy atom. The van der Waals surface area contributed by atoms with Crippen molar-refractivity contribution < 1.29 is 4.39 Å². The second kappa shape index (κ2) is 7.50. The van der Waals surface area contributed by atoms with E-state index >= 15 is 0 Å². The highest BCUT2D eigenvalue weighted by Gasteiger charge is 2.03. The summed E-state index contributed by atoms with van der Waals surface area (Å²) in [7, 11) is 0. The summed E-state index contributed by atoms with van der Waals surface area (Å²) in [5.74, 6) is -0.176. The minimum atomic E-state index is -0.176. The second-order valence-electron chi connectivity index (χ2n) is 6.39. The first-order valence-corrected chi connectivity index (χ1v) is 8.75. The van der Waals surface area contributed by atoms with Crippen LogP contribution in [0.25, 0.3) is 22.2 Å². The van der Waals surface area contributed by atoms with Crippen LogP contribution in [-0.4, -0.2) is 16.5 Å². The molecule has 0 spiro atoms. The van der Waals surface area contributed by atoms with Gasteiger partial charge in [0.25, 0.3) is 0 Å². The third kappa shape index (κ3) is 3.81. The quantitative estimate of drug-likeness (QED) is 0.497. The lowest BCUT2D eigenvalue weighted by molar-refractivity contribution is 0.622. The monoisotopic (exact) mass is 345 g/mol. The molecule has 2 N–H and O–H groups in total. The fraction of sp³-hybridized carbons (Fsp3) is 0.136. The number of fused-ring (bicyclic) bond motifs is 1. The van der Waals surface area contributed by atoms with E-state index < -0.39 is 0 Å². The maximum atomic E-state index is 13.2. The number of nitrogens with zero attached hydrogens (tertiary/aromatic N) is 1. The number of imidazole rings is 1. The molecule has 0 saturated carbocycles. The predicted molar refractivity (Wildman–Crippen MR) is 103 cm³/mol. The van der Waals surface area contributed by atoms with Gasteiger partial charge in [-0.15, -0.1) is 0 Å². The number of aromatic amines is 1. The molecule has 4 heteroatoms. The van der Waals surface area contributed by atoms with Gasteiger partial charge in [0.05, 0.1) is 17.4 Å². The van der Waals surface area contributed by atoms with Crippen LogP contribution in [0.3, 0.4) is 0 Å². The number of hydrogen-bond acceptors (Lipinski definition) is 2. The molecule has 0 fully saturated rings. The van der Waals surface area contributed by atoms with Crippen molar-refractivity contribution in [3.8, 4) is 11.1 Å². The maximum absolute atomic E-state index is 13.2. The Bertz CT molecular complexity index is 1020. The molecule has 0 amide bonds. The van der Waals surface area contributed by atoms with Crippen molar-refractivity contribution >= 4 is 11.0 Å². The number of H-pyrrole nitrogens is 1. The van der Waals surface area contributed by atoms with E-state index in [4.69, 9.17) is 0 Å². The molecule has 0 unspecified atom stereocenters. The topological polar surface area (TPSA) is 40.7 Å². The molecular weight excluding hydrogens is 325 g/mol. The zero-order valence-electron chi connectivity index (χ0n) is 14.4. The van der Waals surface area contributed by atoms with E-state index in [2.05, 4.69) is 51.7 Å². The third-order valence-corrected chi connectivity index (χ3v) is 4.49. The van der Waals surface area contributed by atoms with Crippen molar-refractivity contribution in [3.05, 3.63) is 90.0 Å². The van der Waals surface area contributed by atoms with Crippen LogP contribution < -0.4 is 5.32 Å². The lowest BCUT2D eigenvalue weighted by Gasteiger charge is -2.08. The van der Waals surface area contributed by atoms with Crippen LogP contribution in [0.2, 0.25) is 0 Å². The van der Waals surface area contributed by atoms with Gasteiger partial charge in [-0.25, -0.2) is 9.37 Å². The van der Waals surface area contributed by atoms with E-state index in [0.29, 0.717) is 0 Å². The van der Waals surface area contributed by atoms with Gasteiger partial charge < -0.3 is 10.3 Å². The second-order valence-corrected chi connectivity index (χ2v) is 6.39. The normalized spacial score (nSPS) is 11.1. The maximum Gasteiger partial charge on any atom is 0.123 e. The van der Waals surface area contributed by atoms with Crippen LogP contribution >= 0.6 is 0 Å². The highest BCUT2D eigenvalue weighted by atomic mass is 19.1. The van der Waals surface area contributed by atoms with Crippen molar-refractivity contribution in [1.29, 1.82) is 0 Å². The molecule has 0 atom stereocenters. The molecule has 3 aromatic carbocycles. The first kappa shape index (κ1) is 16.5. The van der Waals surface area contributed by atoms with Gasteiger partial charge in [0, 0.05) is 6.54 Å². The molecule has 4 rings (SSSR count). The zero-order valence-corrected chi connectivity index (χ0v) is 14.4. The Hall–Kier alpha value is -2.98. The highest BCUT2D eigenvalue weighted by Crippen LogP contribution is 2.23. The lowest BCUT2D eigenvalue weighted by atomic mass is 10.0. The number of rotatable bonds is 6. The smallest absolute Gasteiger partial charge is 0.123 e. The molecule has 0 radical (unpaired) electrons. The summed E-state index contributed by atoms with van der Waals surface area (Å²) in [5, 5.41) is 3.44. The van der Waals surface area contributed by atoms with Crippen molar-refractivity contribution in [2.45, 2.75) is 13.0 Å². The zero-order chi connectivity index (χ0) is 17.8. The Labute approximate surface area is 151 Å². The number of aromatic nitrogens is 2. The summed E-state index contributed by atoms with van der Waals surface area (Å²) >= 11 is 0. The Morgan fingerprint density at radius 2 is 1.73 bits per heavy atom. The Balaban J connectivity index is 1.39. The van der Waals surface area contributed by atoms with Crippen molar-refractivity contribution in [3.63, 3.8) is 0 Å². The molecule has 1 heterocycles. The van der Waals surface area contributed by atoms with Crippen LogP contribution in [0, 0.1) is 5.82 Å². The SMILES string of the molecule is Fc1cccc(CCNCc2cccc(-c3ccc4nc[nH]c4c3)c2)c1. The van der Waals surface area contributed by atoms with Gasteiger partial charge in [0.2, 0.25) is 0 Å². The summed E-state index contributed by atoms with van der Waals surface area (Å²) in [4.78, 5) is 7.42. The first-order valence-electron chi connectivity index (χ1n) is 8.75. The fourth-order valence-electron chi connectivity index (χ4n) is 3.13. The number of hydrogen-bond donors (Lipinski definition) is 2. The molecule has 3 nitrogen and oxygen atoms in total. The minimum Gasteiger partial charge on any atom is -0.345 e. The molecule has 0 aliphatic carbocycles. The average Bonchev–Trinajstić information content (AvgIpc) is 3.13. The van der Waals surface area contributed by atoms with E-state index in [1.807, 2.05) is 12.1 Å². The van der Waals surface area contributed by atoms with Crippen LogP contribution in [-0.2, 0) is 13.0 Å². The van der Waals surface area contributed by atoms with E-state index in [0.717, 1.165) is 36.1 Å². The van der Waals surface area contributed by atoms with Gasteiger partial charge in [-0.2, -0.15) is 0 Å². The molecule has 0 aliphatic heterocycles. The predicted octanol–water partition coefficient (Wildman–Crippen LogP) is 4.70. The van der Waals surface area contributed by atoms with E-state index in [1.165, 1.54) is 22.8 Å². The Morgan fingerprint density at radius 1 is 0.885 bits per heavy atom. The summed E-state index contributed by atoms with van der Waals surface area (Å²) < 4.78 is 13.2. The number of nitrogens with one attached hydrogen (secondary N) is 2. The molecule has 0 saturated heterocycles. The third-order valence-electron chi connectivity index (χ3n) is 4.49. The van der Waals surface area contributed by atoms with Crippen LogP contribution in [0.5, 0.6) is 0 Å². The standard InChI is InChI=1S/C22H20FN3/c23-20-6-2-3-16(12-20)9-10-24-14-17-4-1-5-18(11-17)19-7-8-21-22(13-19)26-15-25-21/h1-8,11-13,15,24H,9-10,14H2,(H,25,26). The summed E-state index contributed by atoms with van der Waals surface area (Å²) in [6, 6.07) is 21.5. The van der Waals surface area contributed by atoms with E-state index in [1.54, 1.807) is 18.5 Å². The van der Waals surface area contributed by atoms with Gasteiger partial charge in [-0.05, 0) is 65.6 Å². The van der Waals surface area contributed by atoms with Gasteiger partial charge >= 0.3 is 0 Å². The molecule has 130 valence electrons. The van der Waals surface area contributed by atoms with Gasteiger partial charge in [0.1, 0.15) is 5.82 Å². The molecule has 0 aliphatic rings. The Kier molecular flexibility index (Phi) is 4.75. The van der Waals surface area contributed by atoms with Crippen molar-refractivity contribution in [2.75, 3.05) is 6.54 Å². The largest absolute Gasteiger partial charge is 0.345 e. The van der Waals surface area contributed by atoms with Crippen molar-refractivity contribution in [1.82, 2.24) is 15.3 Å². The molecule has 26 heavy (non-hydrogen) atoms.